The van der Waals surface area contributed by atoms with E-state index in [0.29, 0.717) is 17.0 Å². The molecule has 0 fully saturated rings. The van der Waals surface area contributed by atoms with E-state index in [2.05, 4.69) is 0 Å². The first kappa shape index (κ1) is 25.3. The zero-order chi connectivity index (χ0) is 26.2. The molecule has 14 heteroatoms. The summed E-state index contributed by atoms with van der Waals surface area (Å²) in [5.74, 6) is -2.88. The first-order chi connectivity index (χ1) is 16.0. The van der Waals surface area contributed by atoms with Crippen molar-refractivity contribution in [2.75, 3.05) is 24.9 Å². The number of benzene rings is 2. The summed E-state index contributed by atoms with van der Waals surface area (Å²) < 4.78 is 98.3. The Morgan fingerprint density at radius 1 is 1.09 bits per heavy atom. The molecule has 2 aromatic rings. The van der Waals surface area contributed by atoms with Gasteiger partial charge in [-0.1, -0.05) is 0 Å². The molecule has 2 aromatic carbocycles. The minimum absolute atomic E-state index is 0.0577. The third-order valence-corrected chi connectivity index (χ3v) is 7.00. The number of fused-ring (bicyclic) bond motifs is 2. The highest BCUT2D eigenvalue weighted by Gasteiger charge is 2.73. The van der Waals surface area contributed by atoms with Crippen molar-refractivity contribution in [3.63, 3.8) is 0 Å². The predicted octanol–water partition coefficient (Wildman–Crippen LogP) is 2.66. The molecule has 10 nitrogen and oxygen atoms in total. The minimum atomic E-state index is -5.17. The van der Waals surface area contributed by atoms with Crippen molar-refractivity contribution in [3.8, 4) is 11.5 Å². The topological polar surface area (TPSA) is 141 Å². The number of nitrogens with two attached hydrogens (primary N) is 1. The van der Waals surface area contributed by atoms with Gasteiger partial charge in [0.2, 0.25) is 5.72 Å². The fourth-order valence-corrected chi connectivity index (χ4v) is 5.38. The molecule has 0 bridgehead atoms. The second kappa shape index (κ2) is 7.61. The van der Waals surface area contributed by atoms with Crippen molar-refractivity contribution in [2.24, 2.45) is 0 Å². The van der Waals surface area contributed by atoms with Crippen molar-refractivity contribution in [1.82, 2.24) is 0 Å². The molecule has 0 aliphatic carbocycles. The van der Waals surface area contributed by atoms with Crippen LogP contribution in [0.25, 0.3) is 0 Å². The Morgan fingerprint density at radius 3 is 2.26 bits per heavy atom. The van der Waals surface area contributed by atoms with Crippen LogP contribution in [-0.2, 0) is 31.5 Å². The van der Waals surface area contributed by atoms with Crippen LogP contribution in [0.2, 0.25) is 0 Å². The molecule has 0 spiro atoms. The highest BCUT2D eigenvalue weighted by Crippen LogP contribution is 2.59. The van der Waals surface area contributed by atoms with Gasteiger partial charge in [-0.05, 0) is 50.2 Å². The van der Waals surface area contributed by atoms with Crippen molar-refractivity contribution in [2.45, 2.75) is 42.7 Å². The lowest BCUT2D eigenvalue weighted by atomic mass is 9.78. The van der Waals surface area contributed by atoms with E-state index in [0.717, 1.165) is 20.3 Å². The van der Waals surface area contributed by atoms with Crippen LogP contribution in [0.1, 0.15) is 25.0 Å². The zero-order valence-corrected chi connectivity index (χ0v) is 19.8. The molecule has 0 radical (unpaired) electrons. The number of aliphatic hydroxyl groups is 1. The molecule has 4 N–H and O–H groups in total. The maximum absolute atomic E-state index is 13.6. The van der Waals surface area contributed by atoms with E-state index < -0.39 is 50.2 Å². The van der Waals surface area contributed by atoms with Crippen LogP contribution in [0, 0.1) is 0 Å². The lowest BCUT2D eigenvalue weighted by Gasteiger charge is -2.58. The zero-order valence-electron chi connectivity index (χ0n) is 19.0. The molecule has 192 valence electrons. The highest BCUT2D eigenvalue weighted by molar-refractivity contribution is 7.86. The van der Waals surface area contributed by atoms with Crippen LogP contribution in [0.4, 0.5) is 24.5 Å². The summed E-state index contributed by atoms with van der Waals surface area (Å²) in [6, 6.07) is 6.36. The average molecular weight is 520 g/mol. The first-order valence-corrected chi connectivity index (χ1v) is 11.6. The van der Waals surface area contributed by atoms with Crippen molar-refractivity contribution >= 4 is 21.5 Å². The van der Waals surface area contributed by atoms with Crippen LogP contribution in [0.5, 0.6) is 11.5 Å². The van der Waals surface area contributed by atoms with Crippen LogP contribution >= 0.6 is 0 Å². The van der Waals surface area contributed by atoms with Gasteiger partial charge in [-0.25, -0.2) is 0 Å². The number of hydrogen-bond donors (Lipinski definition) is 3. The second-order valence-electron chi connectivity index (χ2n) is 8.55. The van der Waals surface area contributed by atoms with Gasteiger partial charge < -0.3 is 29.8 Å². The van der Waals surface area contributed by atoms with Crippen LogP contribution < -0.4 is 20.1 Å². The summed E-state index contributed by atoms with van der Waals surface area (Å²) in [5, 5.41) is 11.9. The van der Waals surface area contributed by atoms with Gasteiger partial charge in [-0.2, -0.15) is 21.6 Å². The van der Waals surface area contributed by atoms with Gasteiger partial charge in [0.15, 0.2) is 5.60 Å². The molecular formula is C21H23F3N2O8S. The third-order valence-electron chi connectivity index (χ3n) is 6.18. The summed E-state index contributed by atoms with van der Waals surface area (Å²) in [5.41, 5.74) is -2.12. The molecule has 0 aromatic heterocycles. The van der Waals surface area contributed by atoms with E-state index in [1.54, 1.807) is 0 Å². The number of nitrogen functional groups attached to an aromatic ring is 1. The van der Waals surface area contributed by atoms with Gasteiger partial charge in [-0.15, -0.1) is 0 Å². The van der Waals surface area contributed by atoms with E-state index in [-0.39, 0.29) is 22.7 Å². The molecule has 0 saturated heterocycles. The molecule has 2 heterocycles. The van der Waals surface area contributed by atoms with Crippen LogP contribution in [-0.4, -0.2) is 49.2 Å². The highest BCUT2D eigenvalue weighted by atomic mass is 32.2. The minimum Gasteiger partial charge on any atom is -0.482 e. The molecule has 0 amide bonds. The number of halogens is 3. The Labute approximate surface area is 198 Å². The maximum atomic E-state index is 13.6. The molecule has 2 aliphatic heterocycles. The molecule has 4 rings (SSSR count). The van der Waals surface area contributed by atoms with Gasteiger partial charge in [-0.3, -0.25) is 9.45 Å². The van der Waals surface area contributed by atoms with E-state index in [1.807, 2.05) is 0 Å². The fourth-order valence-electron chi connectivity index (χ4n) is 4.63. The van der Waals surface area contributed by atoms with Crippen LogP contribution in [0.15, 0.2) is 36.4 Å². The van der Waals surface area contributed by atoms with Gasteiger partial charge in [0.1, 0.15) is 11.5 Å². The predicted molar refractivity (Wildman–Crippen MR) is 116 cm³/mol. The monoisotopic (exact) mass is 520 g/mol. The summed E-state index contributed by atoms with van der Waals surface area (Å²) in [6.45, 7) is 2.80. The quantitative estimate of drug-likeness (QED) is 0.313. The second-order valence-corrected chi connectivity index (χ2v) is 9.99. The molecule has 0 saturated carbocycles. The molecule has 3 unspecified atom stereocenters. The van der Waals surface area contributed by atoms with Crippen LogP contribution in [0.3, 0.4) is 0 Å². The van der Waals surface area contributed by atoms with Crippen molar-refractivity contribution in [3.05, 3.63) is 47.5 Å². The number of ether oxygens (including phenoxy) is 4. The van der Waals surface area contributed by atoms with E-state index >= 15 is 0 Å². The number of alkyl halides is 3. The molecule has 2 aliphatic rings. The lowest BCUT2D eigenvalue weighted by Crippen LogP contribution is -2.77. The normalized spacial score (nSPS) is 27.6. The van der Waals surface area contributed by atoms with E-state index in [1.165, 1.54) is 32.0 Å². The van der Waals surface area contributed by atoms with Crippen molar-refractivity contribution in [1.29, 1.82) is 0 Å². The van der Waals surface area contributed by atoms with E-state index in [9.17, 15) is 31.2 Å². The lowest BCUT2D eigenvalue weighted by molar-refractivity contribution is -0.368. The smallest absolute Gasteiger partial charge is 0.416 e. The molecule has 35 heavy (non-hydrogen) atoms. The summed E-state index contributed by atoms with van der Waals surface area (Å²) in [6.07, 6.45) is -4.81. The Bertz CT molecular complexity index is 1290. The Balaban J connectivity index is 2.16. The first-order valence-electron chi connectivity index (χ1n) is 10.1. The number of methoxy groups -OCH3 is 2. The third kappa shape index (κ3) is 3.42. The summed E-state index contributed by atoms with van der Waals surface area (Å²) in [7, 11) is -3.02. The number of hydrogen-bond acceptors (Lipinski definition) is 9. The van der Waals surface area contributed by atoms with Gasteiger partial charge in [0.05, 0.1) is 16.8 Å². The summed E-state index contributed by atoms with van der Waals surface area (Å²) in [4.78, 5) is 0.680. The van der Waals surface area contributed by atoms with Crippen molar-refractivity contribution < 1.29 is 50.2 Å². The number of rotatable bonds is 4. The fraction of sp³-hybridized carbons (Fsp3) is 0.429. The largest absolute Gasteiger partial charge is 0.482 e. The summed E-state index contributed by atoms with van der Waals surface area (Å²) >= 11 is 0. The Kier molecular flexibility index (Phi) is 5.50. The van der Waals surface area contributed by atoms with Gasteiger partial charge in [0, 0.05) is 19.9 Å². The van der Waals surface area contributed by atoms with Gasteiger partial charge >= 0.3 is 21.9 Å². The number of anilines is 2. The Morgan fingerprint density at radius 2 is 1.71 bits per heavy atom. The van der Waals surface area contributed by atoms with Gasteiger partial charge in [0.25, 0.3) is 5.79 Å². The SMILES string of the molecule is COC1(N2c3cc(C(F)(F)F)ccc3OC2S(=O)(=O)O)c2cc(N)ccc2OC(C)(C)C1(O)OC. The average Bonchev–Trinajstić information content (AvgIpc) is 3.14. The Hall–Kier alpha value is -2.78. The molecular weight excluding hydrogens is 497 g/mol. The number of nitrogens with zero attached hydrogens (tertiary/aromatic N) is 1. The maximum Gasteiger partial charge on any atom is 0.416 e. The molecule has 3 atom stereocenters. The standard InChI is InChI=1S/C21H23F3N2O8S/c1-18(2)21(27,32-4)19(31-3,13-10-12(25)6-8-15(13)34-18)26-14-9-11(20(22,23)24)5-7-16(14)33-17(26)35(28,29)30/h5-10,17,27H,25H2,1-4H3,(H,28,29,30). The van der Waals surface area contributed by atoms with E-state index in [4.69, 9.17) is 24.7 Å².